The molecule has 0 aromatic carbocycles. The van der Waals surface area contributed by atoms with Gasteiger partial charge in [-0.2, -0.15) is 5.10 Å². The summed E-state index contributed by atoms with van der Waals surface area (Å²) in [6.07, 6.45) is 4.75. The Balaban J connectivity index is 2.02. The summed E-state index contributed by atoms with van der Waals surface area (Å²) in [4.78, 5) is 24.8. The molecular weight excluding hydrogens is 234 g/mol. The fourth-order valence-corrected chi connectivity index (χ4v) is 2.27. The molecule has 6 nitrogen and oxygen atoms in total. The van der Waals surface area contributed by atoms with Gasteiger partial charge in [0.2, 0.25) is 5.91 Å². The Kier molecular flexibility index (Phi) is 3.64. The lowest BCUT2D eigenvalue weighted by Crippen LogP contribution is -2.44. The third-order valence-electron chi connectivity index (χ3n) is 3.36. The van der Waals surface area contributed by atoms with Crippen LogP contribution in [0.3, 0.4) is 0 Å². The minimum absolute atomic E-state index is 0.0651. The highest BCUT2D eigenvalue weighted by Gasteiger charge is 2.30. The van der Waals surface area contributed by atoms with Crippen LogP contribution in [-0.4, -0.2) is 44.8 Å². The number of hydrogen-bond acceptors (Lipinski definition) is 3. The van der Waals surface area contributed by atoms with Gasteiger partial charge in [0.25, 0.3) is 0 Å². The maximum absolute atomic E-state index is 12.2. The van der Waals surface area contributed by atoms with E-state index in [2.05, 4.69) is 5.10 Å². The molecule has 6 heteroatoms. The molecule has 1 aromatic rings. The smallest absolute Gasteiger partial charge is 0.308 e. The number of carboxylic acid groups (broad SMARTS) is 1. The second kappa shape index (κ2) is 5.20. The van der Waals surface area contributed by atoms with Gasteiger partial charge in [0, 0.05) is 25.5 Å². The topological polar surface area (TPSA) is 75.4 Å². The summed E-state index contributed by atoms with van der Waals surface area (Å²) < 4.78 is 1.59. The molecule has 2 heterocycles. The number of aliphatic carboxylic acids is 1. The van der Waals surface area contributed by atoms with Crippen molar-refractivity contribution >= 4 is 11.9 Å². The number of carbonyl (C=O) groups is 2. The number of aromatic nitrogens is 2. The SMILES string of the molecule is C[C@@H](C(=O)N1CCC[C@H](C(=O)O)C1)n1cccn1. The van der Waals surface area contributed by atoms with Crippen LogP contribution in [0.25, 0.3) is 0 Å². The number of carbonyl (C=O) groups excluding carboxylic acids is 1. The molecule has 2 rings (SSSR count). The number of likely N-dealkylation sites (tertiary alicyclic amines) is 1. The first kappa shape index (κ1) is 12.6. The quantitative estimate of drug-likeness (QED) is 0.860. The van der Waals surface area contributed by atoms with Crippen LogP contribution in [0, 0.1) is 5.92 Å². The van der Waals surface area contributed by atoms with Crippen LogP contribution in [-0.2, 0) is 9.59 Å². The van der Waals surface area contributed by atoms with Crippen LogP contribution in [0.1, 0.15) is 25.8 Å². The lowest BCUT2D eigenvalue weighted by molar-refractivity contribution is -0.146. The zero-order valence-corrected chi connectivity index (χ0v) is 10.3. The molecule has 0 aliphatic carbocycles. The fraction of sp³-hybridized carbons (Fsp3) is 0.583. The molecule has 0 spiro atoms. The first-order valence-corrected chi connectivity index (χ1v) is 6.10. The minimum Gasteiger partial charge on any atom is -0.481 e. The first-order valence-electron chi connectivity index (χ1n) is 6.10. The highest BCUT2D eigenvalue weighted by molar-refractivity contribution is 5.81. The molecule has 1 N–H and O–H groups in total. The maximum Gasteiger partial charge on any atom is 0.308 e. The first-order chi connectivity index (χ1) is 8.59. The van der Waals surface area contributed by atoms with E-state index in [1.807, 2.05) is 0 Å². The van der Waals surface area contributed by atoms with Crippen LogP contribution < -0.4 is 0 Å². The number of nitrogens with zero attached hydrogens (tertiary/aromatic N) is 3. The monoisotopic (exact) mass is 251 g/mol. The molecule has 1 fully saturated rings. The van der Waals surface area contributed by atoms with Crippen molar-refractivity contribution in [1.82, 2.24) is 14.7 Å². The van der Waals surface area contributed by atoms with E-state index in [0.29, 0.717) is 19.5 Å². The number of rotatable bonds is 3. The summed E-state index contributed by atoms with van der Waals surface area (Å²) in [6.45, 7) is 2.72. The zero-order valence-electron chi connectivity index (χ0n) is 10.3. The summed E-state index contributed by atoms with van der Waals surface area (Å²) in [6, 6.07) is 1.38. The molecular formula is C12H17N3O3. The van der Waals surface area contributed by atoms with Crippen molar-refractivity contribution < 1.29 is 14.7 Å². The van der Waals surface area contributed by atoms with Crippen molar-refractivity contribution in [2.75, 3.05) is 13.1 Å². The van der Waals surface area contributed by atoms with E-state index < -0.39 is 11.9 Å². The van der Waals surface area contributed by atoms with Gasteiger partial charge in [0.15, 0.2) is 0 Å². The Hall–Kier alpha value is -1.85. The van der Waals surface area contributed by atoms with E-state index in [0.717, 1.165) is 6.42 Å². The van der Waals surface area contributed by atoms with Gasteiger partial charge in [0.1, 0.15) is 6.04 Å². The summed E-state index contributed by atoms with van der Waals surface area (Å²) in [5.41, 5.74) is 0. The Morgan fingerprint density at radius 1 is 1.50 bits per heavy atom. The Morgan fingerprint density at radius 2 is 2.28 bits per heavy atom. The second-order valence-electron chi connectivity index (χ2n) is 4.62. The van der Waals surface area contributed by atoms with Crippen molar-refractivity contribution in [1.29, 1.82) is 0 Å². The lowest BCUT2D eigenvalue weighted by atomic mass is 9.98. The van der Waals surface area contributed by atoms with Crippen molar-refractivity contribution in [3.05, 3.63) is 18.5 Å². The van der Waals surface area contributed by atoms with Gasteiger partial charge in [0.05, 0.1) is 5.92 Å². The van der Waals surface area contributed by atoms with E-state index in [-0.39, 0.29) is 11.9 Å². The summed E-state index contributed by atoms with van der Waals surface area (Å²) in [5.74, 6) is -1.32. The predicted molar refractivity (Wildman–Crippen MR) is 63.9 cm³/mol. The molecule has 2 atom stereocenters. The van der Waals surface area contributed by atoms with Crippen LogP contribution >= 0.6 is 0 Å². The third-order valence-corrected chi connectivity index (χ3v) is 3.36. The molecule has 0 unspecified atom stereocenters. The van der Waals surface area contributed by atoms with Crippen LogP contribution in [0.15, 0.2) is 18.5 Å². The number of amides is 1. The molecule has 18 heavy (non-hydrogen) atoms. The van der Waals surface area contributed by atoms with E-state index >= 15 is 0 Å². The maximum atomic E-state index is 12.2. The van der Waals surface area contributed by atoms with Gasteiger partial charge in [-0.05, 0) is 25.8 Å². The van der Waals surface area contributed by atoms with Crippen molar-refractivity contribution in [3.8, 4) is 0 Å². The third kappa shape index (κ3) is 2.52. The molecule has 0 radical (unpaired) electrons. The number of hydrogen-bond donors (Lipinski definition) is 1. The summed E-state index contributed by atoms with van der Waals surface area (Å²) >= 11 is 0. The standard InChI is InChI=1S/C12H17N3O3/c1-9(15-7-3-5-13-15)11(16)14-6-2-4-10(8-14)12(17)18/h3,5,7,9-10H,2,4,6,8H2,1H3,(H,17,18)/t9-,10-/m0/s1. The summed E-state index contributed by atoms with van der Waals surface area (Å²) in [5, 5.41) is 13.0. The molecule has 1 aliphatic heterocycles. The molecule has 1 amide bonds. The van der Waals surface area contributed by atoms with Gasteiger partial charge >= 0.3 is 5.97 Å². The Bertz CT molecular complexity index is 430. The second-order valence-corrected chi connectivity index (χ2v) is 4.62. The van der Waals surface area contributed by atoms with E-state index in [4.69, 9.17) is 5.11 Å². The van der Waals surface area contributed by atoms with Crippen LogP contribution in [0.2, 0.25) is 0 Å². The van der Waals surface area contributed by atoms with Gasteiger partial charge in [-0.15, -0.1) is 0 Å². The van der Waals surface area contributed by atoms with E-state index in [1.165, 1.54) is 0 Å². The minimum atomic E-state index is -0.820. The average molecular weight is 251 g/mol. The van der Waals surface area contributed by atoms with Gasteiger partial charge in [-0.25, -0.2) is 0 Å². The number of carboxylic acids is 1. The van der Waals surface area contributed by atoms with Crippen molar-refractivity contribution in [3.63, 3.8) is 0 Å². The van der Waals surface area contributed by atoms with Gasteiger partial charge in [-0.1, -0.05) is 0 Å². The van der Waals surface area contributed by atoms with Crippen molar-refractivity contribution in [2.45, 2.75) is 25.8 Å². The normalized spacial score (nSPS) is 21.6. The molecule has 1 aromatic heterocycles. The Morgan fingerprint density at radius 3 is 2.89 bits per heavy atom. The lowest BCUT2D eigenvalue weighted by Gasteiger charge is -2.32. The molecule has 0 saturated carbocycles. The zero-order chi connectivity index (χ0) is 13.1. The summed E-state index contributed by atoms with van der Waals surface area (Å²) in [7, 11) is 0. The Labute approximate surface area is 105 Å². The number of piperidine rings is 1. The van der Waals surface area contributed by atoms with Crippen molar-refractivity contribution in [2.24, 2.45) is 5.92 Å². The fourth-order valence-electron chi connectivity index (χ4n) is 2.27. The van der Waals surface area contributed by atoms with Crippen LogP contribution in [0.5, 0.6) is 0 Å². The average Bonchev–Trinajstić information content (AvgIpc) is 2.91. The van der Waals surface area contributed by atoms with E-state index in [9.17, 15) is 9.59 Å². The highest BCUT2D eigenvalue weighted by Crippen LogP contribution is 2.19. The van der Waals surface area contributed by atoms with E-state index in [1.54, 1.807) is 35.0 Å². The molecule has 1 saturated heterocycles. The highest BCUT2D eigenvalue weighted by atomic mass is 16.4. The predicted octanol–water partition coefficient (Wildman–Crippen LogP) is 0.767. The molecule has 0 bridgehead atoms. The molecule has 98 valence electrons. The van der Waals surface area contributed by atoms with Gasteiger partial charge < -0.3 is 10.0 Å². The van der Waals surface area contributed by atoms with Gasteiger partial charge in [-0.3, -0.25) is 14.3 Å². The van der Waals surface area contributed by atoms with Crippen LogP contribution in [0.4, 0.5) is 0 Å². The largest absolute Gasteiger partial charge is 0.481 e. The molecule has 1 aliphatic rings.